The fraction of sp³-hybridized carbons (Fsp3) is 0.310. The van der Waals surface area contributed by atoms with Gasteiger partial charge in [-0.2, -0.15) is 0 Å². The van der Waals surface area contributed by atoms with E-state index in [0.29, 0.717) is 11.2 Å². The molecule has 0 aliphatic carbocycles. The Morgan fingerprint density at radius 1 is 0.692 bits per heavy atom. The summed E-state index contributed by atoms with van der Waals surface area (Å²) in [5, 5.41) is 0. The van der Waals surface area contributed by atoms with E-state index in [4.69, 9.17) is 32.4 Å². The molecule has 1 saturated heterocycles. The van der Waals surface area contributed by atoms with Crippen LogP contribution >= 0.6 is 0 Å². The fourth-order valence-electron chi connectivity index (χ4n) is 7.42. The minimum atomic E-state index is -2.19. The van der Waals surface area contributed by atoms with Crippen molar-refractivity contribution in [3.8, 4) is 0 Å². The second-order valence-electron chi connectivity index (χ2n) is 13.8. The van der Waals surface area contributed by atoms with Gasteiger partial charge in [0.25, 0.3) is 0 Å². The van der Waals surface area contributed by atoms with E-state index in [2.05, 4.69) is 19.6 Å². The van der Waals surface area contributed by atoms with Crippen molar-refractivity contribution in [2.24, 2.45) is 0 Å². The largest absolute Gasteiger partial charge is 0.498 e. The molecular formula is C42H47BO8Si. The summed E-state index contributed by atoms with van der Waals surface area (Å²) in [6, 6.07) is 42.1. The van der Waals surface area contributed by atoms with Crippen molar-refractivity contribution in [1.82, 2.24) is 0 Å². The van der Waals surface area contributed by atoms with Crippen LogP contribution in [-0.4, -0.2) is 54.4 Å². The van der Waals surface area contributed by atoms with Crippen LogP contribution in [0.3, 0.4) is 0 Å². The zero-order chi connectivity index (χ0) is 36.8. The maximum atomic E-state index is 12.9. The van der Waals surface area contributed by atoms with Gasteiger partial charge in [-0.05, 0) is 54.9 Å². The predicted octanol–water partition coefficient (Wildman–Crippen LogP) is 7.79. The molecule has 2 heterocycles. The summed E-state index contributed by atoms with van der Waals surface area (Å²) in [7, 11) is 0.241. The van der Waals surface area contributed by atoms with E-state index in [1.165, 1.54) is 0 Å². The Balaban J connectivity index is 1.59. The quantitative estimate of drug-likeness (QED) is 0.0802. The Labute approximate surface area is 308 Å². The summed E-state index contributed by atoms with van der Waals surface area (Å²) < 4.78 is 46.2. The van der Waals surface area contributed by atoms with Gasteiger partial charge in [-0.25, -0.2) is 0 Å². The van der Waals surface area contributed by atoms with Crippen molar-refractivity contribution >= 4 is 26.9 Å². The highest BCUT2D eigenvalue weighted by atomic mass is 28.4. The molecule has 5 aromatic rings. The monoisotopic (exact) mass is 718 g/mol. The van der Waals surface area contributed by atoms with E-state index >= 15 is 0 Å². The molecule has 0 unspecified atom stereocenters. The number of furan rings is 1. The molecule has 6 rings (SSSR count). The van der Waals surface area contributed by atoms with Gasteiger partial charge in [0, 0.05) is 19.7 Å². The van der Waals surface area contributed by atoms with Gasteiger partial charge in [0.15, 0.2) is 8.32 Å². The molecule has 0 saturated carbocycles. The molecular weight excluding hydrogens is 671 g/mol. The fourth-order valence-corrected chi connectivity index (χ4v) is 8.46. The molecule has 0 bridgehead atoms. The van der Waals surface area contributed by atoms with Gasteiger partial charge >= 0.3 is 13.1 Å². The van der Waals surface area contributed by atoms with Crippen LogP contribution < -0.4 is 5.46 Å². The standard InChI is InChI=1S/C42H47BO8Si/c1-7-47-37(44)30-36(51-52(4,5)6)38-35(28-29-48-38)43-49-39(41(45-2,31-20-12-8-13-21-31)32-22-14-9-15-23-32)40(50-43)42(46-3,33-24-16-10-17-25-33)34-26-18-11-19-27-34/h8-29,36,39-40H,7,30H2,1-6H3/t36-,39+,40+/m0/s1. The number of ether oxygens (including phenoxy) is 3. The predicted molar refractivity (Wildman–Crippen MR) is 204 cm³/mol. The summed E-state index contributed by atoms with van der Waals surface area (Å²) in [6.45, 7) is 8.26. The second-order valence-corrected chi connectivity index (χ2v) is 18.2. The van der Waals surface area contributed by atoms with Gasteiger partial charge in [0.2, 0.25) is 0 Å². The lowest BCUT2D eigenvalue weighted by molar-refractivity contribution is -0.145. The molecule has 8 nitrogen and oxygen atoms in total. The summed E-state index contributed by atoms with van der Waals surface area (Å²) >= 11 is 0. The maximum absolute atomic E-state index is 12.9. The Bertz CT molecular complexity index is 1690. The van der Waals surface area contributed by atoms with E-state index < -0.39 is 44.9 Å². The molecule has 1 aromatic heterocycles. The van der Waals surface area contributed by atoms with E-state index in [9.17, 15) is 4.79 Å². The molecule has 4 aromatic carbocycles. The maximum Gasteiger partial charge on any atom is 0.498 e. The lowest BCUT2D eigenvalue weighted by Crippen LogP contribution is -2.56. The Morgan fingerprint density at radius 3 is 1.44 bits per heavy atom. The van der Waals surface area contributed by atoms with E-state index in [1.54, 1.807) is 27.4 Å². The molecule has 0 radical (unpaired) electrons. The molecule has 0 amide bonds. The van der Waals surface area contributed by atoms with Gasteiger partial charge in [0.05, 0.1) is 19.3 Å². The number of carbonyl (C=O) groups excluding carboxylic acids is 1. The Kier molecular flexibility index (Phi) is 11.6. The molecule has 1 aliphatic rings. The number of carbonyl (C=O) groups is 1. The third-order valence-corrected chi connectivity index (χ3v) is 10.5. The van der Waals surface area contributed by atoms with Crippen LogP contribution in [0.4, 0.5) is 0 Å². The molecule has 0 N–H and O–H groups in total. The SMILES string of the molecule is CCOC(=O)C[C@H](O[Si](C)(C)C)c1occc1B1O[C@@H](C(OC)(c2ccccc2)c2ccccc2)[C@H](C(OC)(c2ccccc2)c2ccccc2)O1. The van der Waals surface area contributed by atoms with Crippen LogP contribution in [0.5, 0.6) is 0 Å². The third-order valence-electron chi connectivity index (χ3n) is 9.50. The van der Waals surface area contributed by atoms with Crippen molar-refractivity contribution in [3.05, 3.63) is 162 Å². The molecule has 270 valence electrons. The molecule has 1 aliphatic heterocycles. The lowest BCUT2D eigenvalue weighted by Gasteiger charge is -2.46. The van der Waals surface area contributed by atoms with E-state index in [-0.39, 0.29) is 19.0 Å². The van der Waals surface area contributed by atoms with Crippen LogP contribution in [-0.2, 0) is 43.9 Å². The summed E-state index contributed by atoms with van der Waals surface area (Å²) in [6.07, 6.45) is -0.772. The number of hydrogen-bond acceptors (Lipinski definition) is 8. The van der Waals surface area contributed by atoms with Gasteiger partial charge in [0.1, 0.15) is 35.3 Å². The van der Waals surface area contributed by atoms with Crippen molar-refractivity contribution in [3.63, 3.8) is 0 Å². The normalized spacial score (nSPS) is 17.2. The number of benzene rings is 4. The average Bonchev–Trinajstić information content (AvgIpc) is 3.83. The molecule has 52 heavy (non-hydrogen) atoms. The van der Waals surface area contributed by atoms with Crippen LogP contribution in [0, 0.1) is 0 Å². The lowest BCUT2D eigenvalue weighted by atomic mass is 9.71. The first-order valence-electron chi connectivity index (χ1n) is 17.7. The minimum absolute atomic E-state index is 0.0235. The van der Waals surface area contributed by atoms with Crippen LogP contribution in [0.25, 0.3) is 0 Å². The van der Waals surface area contributed by atoms with Crippen molar-refractivity contribution in [2.45, 2.75) is 62.5 Å². The first kappa shape index (κ1) is 37.5. The second kappa shape index (κ2) is 16.2. The first-order valence-corrected chi connectivity index (χ1v) is 21.1. The van der Waals surface area contributed by atoms with E-state index in [1.807, 2.05) is 127 Å². The number of hydrogen-bond donors (Lipinski definition) is 0. The zero-order valence-electron chi connectivity index (χ0n) is 30.7. The highest BCUT2D eigenvalue weighted by Crippen LogP contribution is 2.50. The molecule has 1 fully saturated rings. The molecule has 10 heteroatoms. The van der Waals surface area contributed by atoms with Gasteiger partial charge in [-0.15, -0.1) is 0 Å². The third kappa shape index (κ3) is 7.32. The number of methoxy groups -OCH3 is 2. The highest BCUT2D eigenvalue weighted by Gasteiger charge is 2.62. The van der Waals surface area contributed by atoms with Crippen LogP contribution in [0.2, 0.25) is 19.6 Å². The highest BCUT2D eigenvalue weighted by molar-refractivity contribution is 6.69. The van der Waals surface area contributed by atoms with Gasteiger partial charge in [-0.3, -0.25) is 4.79 Å². The summed E-state index contributed by atoms with van der Waals surface area (Å²) in [5.74, 6) is 0.0694. The summed E-state index contributed by atoms with van der Waals surface area (Å²) in [5.41, 5.74) is 1.76. The van der Waals surface area contributed by atoms with Crippen LogP contribution in [0.15, 0.2) is 138 Å². The molecule has 0 spiro atoms. The van der Waals surface area contributed by atoms with Gasteiger partial charge in [-0.1, -0.05) is 121 Å². The van der Waals surface area contributed by atoms with Crippen molar-refractivity contribution in [1.29, 1.82) is 0 Å². The first-order chi connectivity index (χ1) is 25.2. The zero-order valence-corrected chi connectivity index (χ0v) is 31.7. The van der Waals surface area contributed by atoms with Crippen LogP contribution in [0.1, 0.15) is 47.5 Å². The average molecular weight is 719 g/mol. The summed E-state index contributed by atoms with van der Waals surface area (Å²) in [4.78, 5) is 12.9. The topological polar surface area (TPSA) is 85.6 Å². The van der Waals surface area contributed by atoms with Gasteiger partial charge < -0.3 is 32.4 Å². The molecule has 3 atom stereocenters. The number of esters is 1. The van der Waals surface area contributed by atoms with Crippen molar-refractivity contribution < 1.29 is 37.2 Å². The Hall–Kier alpha value is -4.29. The van der Waals surface area contributed by atoms with E-state index in [0.717, 1.165) is 22.3 Å². The van der Waals surface area contributed by atoms with Crippen molar-refractivity contribution in [2.75, 3.05) is 20.8 Å². The Morgan fingerprint density at radius 2 is 1.10 bits per heavy atom. The number of rotatable bonds is 15. The smallest absolute Gasteiger partial charge is 0.467 e. The minimum Gasteiger partial charge on any atom is -0.467 e.